The van der Waals surface area contributed by atoms with E-state index in [9.17, 15) is 14.4 Å². The molecule has 4 rings (SSSR count). The Balaban J connectivity index is 1.21. The highest BCUT2D eigenvalue weighted by Crippen LogP contribution is 2.22. The number of hydrogen-bond donors (Lipinski definition) is 2. The summed E-state index contributed by atoms with van der Waals surface area (Å²) in [7, 11) is 0. The van der Waals surface area contributed by atoms with E-state index in [1.807, 2.05) is 36.4 Å². The van der Waals surface area contributed by atoms with Crippen LogP contribution in [0.5, 0.6) is 0 Å². The molecule has 30 heavy (non-hydrogen) atoms. The summed E-state index contributed by atoms with van der Waals surface area (Å²) in [6, 6.07) is 12.9. The van der Waals surface area contributed by atoms with Crippen molar-refractivity contribution in [3.8, 4) is 0 Å². The van der Waals surface area contributed by atoms with E-state index in [0.29, 0.717) is 44.8 Å². The molecule has 0 spiro atoms. The molecule has 1 aromatic carbocycles. The Labute approximate surface area is 175 Å². The Morgan fingerprint density at radius 3 is 2.53 bits per heavy atom. The predicted molar refractivity (Wildman–Crippen MR) is 110 cm³/mol. The summed E-state index contributed by atoms with van der Waals surface area (Å²) >= 11 is 0. The number of carbonyl (C=O) groups is 3. The molecular formula is C22H26N4O4. The number of rotatable bonds is 5. The molecule has 0 bridgehead atoms. The van der Waals surface area contributed by atoms with Gasteiger partial charge in [-0.15, -0.1) is 0 Å². The van der Waals surface area contributed by atoms with Crippen LogP contribution in [0, 0.1) is 5.92 Å². The van der Waals surface area contributed by atoms with Crippen LogP contribution in [0.3, 0.4) is 0 Å². The van der Waals surface area contributed by atoms with Crippen LogP contribution in [0.15, 0.2) is 53.1 Å². The summed E-state index contributed by atoms with van der Waals surface area (Å²) in [5, 5.41) is 5.96. The fourth-order valence-corrected chi connectivity index (χ4v) is 3.96. The topological polar surface area (TPSA) is 94.9 Å². The lowest BCUT2D eigenvalue weighted by molar-refractivity contribution is -0.129. The lowest BCUT2D eigenvalue weighted by Gasteiger charge is -2.32. The van der Waals surface area contributed by atoms with E-state index in [1.54, 1.807) is 22.1 Å². The molecule has 2 saturated heterocycles. The third-order valence-electron chi connectivity index (χ3n) is 5.67. The number of hydrogen-bond acceptors (Lipinski definition) is 4. The van der Waals surface area contributed by atoms with Crippen molar-refractivity contribution in [3.05, 3.63) is 54.5 Å². The molecule has 2 aliphatic heterocycles. The number of piperidine rings is 1. The molecule has 0 saturated carbocycles. The number of benzene rings is 1. The zero-order valence-corrected chi connectivity index (χ0v) is 16.8. The first-order chi connectivity index (χ1) is 14.6. The molecule has 0 radical (unpaired) electrons. The van der Waals surface area contributed by atoms with Crippen molar-refractivity contribution >= 4 is 23.5 Å². The largest absolute Gasteiger partial charge is 0.467 e. The quantitative estimate of drug-likeness (QED) is 0.792. The number of nitrogens with one attached hydrogen (secondary N) is 2. The lowest BCUT2D eigenvalue weighted by atomic mass is 10.0. The van der Waals surface area contributed by atoms with Crippen LogP contribution in [0.4, 0.5) is 10.5 Å². The Kier molecular flexibility index (Phi) is 6.02. The van der Waals surface area contributed by atoms with Crippen molar-refractivity contribution in [1.82, 2.24) is 15.1 Å². The summed E-state index contributed by atoms with van der Waals surface area (Å²) in [6.07, 6.45) is 3.20. The van der Waals surface area contributed by atoms with Gasteiger partial charge in [0.15, 0.2) is 0 Å². The second-order valence-corrected chi connectivity index (χ2v) is 7.82. The van der Waals surface area contributed by atoms with Gasteiger partial charge >= 0.3 is 6.03 Å². The Hall–Kier alpha value is -3.29. The molecule has 2 aliphatic rings. The molecule has 1 unspecified atom stereocenters. The monoisotopic (exact) mass is 410 g/mol. The van der Waals surface area contributed by atoms with Gasteiger partial charge in [-0.1, -0.05) is 18.2 Å². The van der Waals surface area contributed by atoms with E-state index >= 15 is 0 Å². The van der Waals surface area contributed by atoms with Gasteiger partial charge in [-0.25, -0.2) is 4.79 Å². The van der Waals surface area contributed by atoms with Gasteiger partial charge in [-0.3, -0.25) is 9.59 Å². The molecule has 158 valence electrons. The third-order valence-corrected chi connectivity index (χ3v) is 5.67. The number of nitrogens with zero attached hydrogens (tertiary/aromatic N) is 2. The smallest absolute Gasteiger partial charge is 0.321 e. The first-order valence-corrected chi connectivity index (χ1v) is 10.3. The van der Waals surface area contributed by atoms with Crippen LogP contribution in [-0.2, 0) is 16.1 Å². The molecule has 2 N–H and O–H groups in total. The fraction of sp³-hybridized carbons (Fsp3) is 0.409. The SMILES string of the molecule is O=C(NC1CCN(C(=O)Nc2ccccc2)CC1)C1CC(=O)N(Cc2ccco2)C1. The maximum atomic E-state index is 12.7. The standard InChI is InChI=1S/C22H26N4O4/c27-20-13-16(14-26(20)15-19-7-4-12-30-19)21(28)23-18-8-10-25(11-9-18)22(29)24-17-5-2-1-3-6-17/h1-7,12,16,18H,8-11,13-15H2,(H,23,28)(H,24,29). The normalized spacial score (nSPS) is 19.7. The zero-order chi connectivity index (χ0) is 20.9. The van der Waals surface area contributed by atoms with Crippen LogP contribution in [0.25, 0.3) is 0 Å². The van der Waals surface area contributed by atoms with E-state index in [0.717, 1.165) is 5.69 Å². The Morgan fingerprint density at radius 1 is 1.07 bits per heavy atom. The van der Waals surface area contributed by atoms with Crippen molar-refractivity contribution in [3.63, 3.8) is 0 Å². The minimum atomic E-state index is -0.341. The molecule has 8 nitrogen and oxygen atoms in total. The van der Waals surface area contributed by atoms with Crippen molar-refractivity contribution in [2.75, 3.05) is 25.0 Å². The second-order valence-electron chi connectivity index (χ2n) is 7.82. The van der Waals surface area contributed by atoms with Crippen molar-refractivity contribution in [2.45, 2.75) is 31.8 Å². The molecule has 2 aromatic rings. The average molecular weight is 410 g/mol. The Bertz CT molecular complexity index is 876. The average Bonchev–Trinajstić information content (AvgIpc) is 3.40. The molecule has 2 fully saturated rings. The van der Waals surface area contributed by atoms with Gasteiger partial charge in [0, 0.05) is 37.8 Å². The van der Waals surface area contributed by atoms with E-state index in [-0.39, 0.29) is 36.2 Å². The highest BCUT2D eigenvalue weighted by molar-refractivity contribution is 5.90. The summed E-state index contributed by atoms with van der Waals surface area (Å²) in [6.45, 7) is 1.96. The highest BCUT2D eigenvalue weighted by Gasteiger charge is 2.36. The maximum absolute atomic E-state index is 12.7. The van der Waals surface area contributed by atoms with Crippen LogP contribution in [0.2, 0.25) is 0 Å². The lowest BCUT2D eigenvalue weighted by Crippen LogP contribution is -2.49. The van der Waals surface area contributed by atoms with E-state index in [1.165, 1.54) is 0 Å². The van der Waals surface area contributed by atoms with Gasteiger partial charge in [0.05, 0.1) is 18.7 Å². The number of amides is 4. The summed E-state index contributed by atoms with van der Waals surface area (Å²) in [5.41, 5.74) is 0.767. The molecule has 4 amide bonds. The number of likely N-dealkylation sites (tertiary alicyclic amines) is 2. The number of anilines is 1. The zero-order valence-electron chi connectivity index (χ0n) is 16.8. The molecule has 8 heteroatoms. The minimum Gasteiger partial charge on any atom is -0.467 e. The molecule has 1 atom stereocenters. The second kappa shape index (κ2) is 9.02. The molecule has 3 heterocycles. The van der Waals surface area contributed by atoms with Gasteiger partial charge in [0.25, 0.3) is 0 Å². The minimum absolute atomic E-state index is 0.0208. The van der Waals surface area contributed by atoms with Crippen LogP contribution >= 0.6 is 0 Å². The first kappa shape index (κ1) is 20.0. The highest BCUT2D eigenvalue weighted by atomic mass is 16.3. The molecule has 0 aliphatic carbocycles. The summed E-state index contributed by atoms with van der Waals surface area (Å²) in [5.74, 6) is 0.258. The van der Waals surface area contributed by atoms with E-state index < -0.39 is 0 Å². The van der Waals surface area contributed by atoms with Crippen molar-refractivity contribution in [1.29, 1.82) is 0 Å². The van der Waals surface area contributed by atoms with Crippen molar-refractivity contribution < 1.29 is 18.8 Å². The first-order valence-electron chi connectivity index (χ1n) is 10.3. The van der Waals surface area contributed by atoms with Crippen LogP contribution in [-0.4, -0.2) is 53.3 Å². The maximum Gasteiger partial charge on any atom is 0.321 e. The van der Waals surface area contributed by atoms with E-state index in [2.05, 4.69) is 10.6 Å². The van der Waals surface area contributed by atoms with E-state index in [4.69, 9.17) is 4.42 Å². The predicted octanol–water partition coefficient (Wildman–Crippen LogP) is 2.44. The van der Waals surface area contributed by atoms with Crippen LogP contribution in [0.1, 0.15) is 25.0 Å². The molecule has 1 aromatic heterocycles. The van der Waals surface area contributed by atoms with Gasteiger partial charge in [0.1, 0.15) is 5.76 Å². The number of para-hydroxylation sites is 1. The molecular weight excluding hydrogens is 384 g/mol. The van der Waals surface area contributed by atoms with Crippen LogP contribution < -0.4 is 10.6 Å². The fourth-order valence-electron chi connectivity index (χ4n) is 3.96. The summed E-state index contributed by atoms with van der Waals surface area (Å²) < 4.78 is 5.30. The van der Waals surface area contributed by atoms with Crippen molar-refractivity contribution in [2.24, 2.45) is 5.92 Å². The van der Waals surface area contributed by atoms with Gasteiger partial charge in [0.2, 0.25) is 11.8 Å². The third kappa shape index (κ3) is 4.82. The Morgan fingerprint density at radius 2 is 1.83 bits per heavy atom. The summed E-state index contributed by atoms with van der Waals surface area (Å²) in [4.78, 5) is 40.7. The number of urea groups is 1. The number of furan rings is 1. The van der Waals surface area contributed by atoms with Gasteiger partial charge in [-0.2, -0.15) is 0 Å². The van der Waals surface area contributed by atoms with Gasteiger partial charge < -0.3 is 24.9 Å². The van der Waals surface area contributed by atoms with Gasteiger partial charge in [-0.05, 0) is 37.1 Å². The number of carbonyl (C=O) groups excluding carboxylic acids is 3.